The van der Waals surface area contributed by atoms with Crippen LogP contribution >= 0.6 is 0 Å². The third-order valence-corrected chi connectivity index (χ3v) is 6.69. The molecule has 3 heterocycles. The van der Waals surface area contributed by atoms with Gasteiger partial charge in [-0.15, -0.1) is 10.2 Å². The van der Waals surface area contributed by atoms with E-state index in [9.17, 15) is 18.0 Å². The maximum absolute atomic E-state index is 12.7. The molecule has 0 atom stereocenters. The lowest BCUT2D eigenvalue weighted by Crippen LogP contribution is -2.26. The van der Waals surface area contributed by atoms with Crippen LogP contribution in [0.4, 0.5) is 13.2 Å². The molecule has 2 aliphatic rings. The molecule has 10 heteroatoms. The van der Waals surface area contributed by atoms with E-state index in [0.717, 1.165) is 61.3 Å². The quantitative estimate of drug-likeness (QED) is 0.445. The Balaban J connectivity index is 1.43. The molecule has 0 fully saturated rings. The first kappa shape index (κ1) is 25.9. The van der Waals surface area contributed by atoms with Crippen molar-refractivity contribution in [2.75, 3.05) is 32.8 Å². The van der Waals surface area contributed by atoms with Crippen LogP contribution in [0, 0.1) is 0 Å². The summed E-state index contributed by atoms with van der Waals surface area (Å²) < 4.78 is 44.2. The molecule has 0 bridgehead atoms. The maximum Gasteiger partial charge on any atom is 0.490 e. The topological polar surface area (TPSA) is 81.1 Å². The van der Waals surface area contributed by atoms with Crippen molar-refractivity contribution < 1.29 is 22.7 Å². The molecule has 2 N–H and O–H groups in total. The molecular weight excluding hydrogens is 495 g/mol. The van der Waals surface area contributed by atoms with Crippen LogP contribution in [0.2, 0.25) is 0 Å². The summed E-state index contributed by atoms with van der Waals surface area (Å²) in [6.45, 7) is 3.02. The molecule has 0 unspecified atom stereocenters. The molecule has 0 spiro atoms. The number of aromatic nitrogens is 3. The van der Waals surface area contributed by atoms with Crippen molar-refractivity contribution >= 4 is 17.1 Å². The monoisotopic (exact) mass is 523 g/mol. The summed E-state index contributed by atoms with van der Waals surface area (Å²) in [5.41, 5.74) is 6.29. The third-order valence-electron chi connectivity index (χ3n) is 6.69. The zero-order chi connectivity index (χ0) is 26.5. The number of carbonyl (C=O) groups is 1. The first-order chi connectivity index (χ1) is 18.4. The van der Waals surface area contributed by atoms with Gasteiger partial charge in [0.1, 0.15) is 6.61 Å². The van der Waals surface area contributed by atoms with Gasteiger partial charge < -0.3 is 19.9 Å². The molecule has 2 aliphatic heterocycles. The normalized spacial score (nSPS) is 16.1. The summed E-state index contributed by atoms with van der Waals surface area (Å²) in [6.07, 6.45) is 1.16. The predicted octanol–water partition coefficient (Wildman–Crippen LogP) is 4.47. The fourth-order valence-corrected chi connectivity index (χ4v) is 4.69. The van der Waals surface area contributed by atoms with Crippen LogP contribution in [0.25, 0.3) is 33.9 Å². The molecule has 3 aromatic rings. The van der Waals surface area contributed by atoms with Crippen molar-refractivity contribution in [2.24, 2.45) is 0 Å². The van der Waals surface area contributed by atoms with Crippen molar-refractivity contribution in [3.8, 4) is 22.8 Å². The number of halogens is 3. The van der Waals surface area contributed by atoms with Gasteiger partial charge in [0.15, 0.2) is 11.6 Å². The Kier molecular flexibility index (Phi) is 7.71. The van der Waals surface area contributed by atoms with E-state index in [1.807, 2.05) is 48.5 Å². The number of esters is 1. The molecule has 0 amide bonds. The predicted molar refractivity (Wildman–Crippen MR) is 139 cm³/mol. The summed E-state index contributed by atoms with van der Waals surface area (Å²) in [7, 11) is 0. The molecular formula is C28H28F3N5O2. The van der Waals surface area contributed by atoms with Crippen LogP contribution in [-0.2, 0) is 16.1 Å². The van der Waals surface area contributed by atoms with E-state index < -0.39 is 18.8 Å². The van der Waals surface area contributed by atoms with E-state index in [4.69, 9.17) is 0 Å². The van der Waals surface area contributed by atoms with Crippen LogP contribution in [0.5, 0.6) is 0 Å². The molecule has 38 heavy (non-hydrogen) atoms. The zero-order valence-electron chi connectivity index (χ0n) is 20.7. The summed E-state index contributed by atoms with van der Waals surface area (Å²) in [6, 6.07) is 15.8. The first-order valence-electron chi connectivity index (χ1n) is 12.6. The second kappa shape index (κ2) is 11.3. The SMILES string of the molecule is O=C(OCCn1c(-c2ccc(C3=CCNCC3)cc2)nnc1-c1ccc(C2=CCNCC2)cc1)C(F)(F)F. The van der Waals surface area contributed by atoms with Gasteiger partial charge >= 0.3 is 12.1 Å². The second-order valence-electron chi connectivity index (χ2n) is 9.15. The molecule has 0 radical (unpaired) electrons. The van der Waals surface area contributed by atoms with Gasteiger partial charge in [-0.25, -0.2) is 4.79 Å². The number of benzene rings is 2. The number of rotatable bonds is 7. The maximum atomic E-state index is 12.7. The lowest BCUT2D eigenvalue weighted by Gasteiger charge is -2.16. The van der Waals surface area contributed by atoms with Gasteiger partial charge in [-0.3, -0.25) is 0 Å². The van der Waals surface area contributed by atoms with E-state index in [1.54, 1.807) is 4.57 Å². The number of nitrogens with zero attached hydrogens (tertiary/aromatic N) is 3. The Labute approximate surface area is 218 Å². The minimum atomic E-state index is -5.04. The van der Waals surface area contributed by atoms with Crippen molar-refractivity contribution in [3.63, 3.8) is 0 Å². The van der Waals surface area contributed by atoms with Gasteiger partial charge in [0.05, 0.1) is 6.54 Å². The summed E-state index contributed by atoms with van der Waals surface area (Å²) in [5, 5.41) is 15.3. The second-order valence-corrected chi connectivity index (χ2v) is 9.15. The highest BCUT2D eigenvalue weighted by molar-refractivity contribution is 5.75. The molecule has 1 aromatic heterocycles. The Bertz CT molecular complexity index is 1260. The molecule has 5 rings (SSSR count). The van der Waals surface area contributed by atoms with Gasteiger partial charge in [0, 0.05) is 24.2 Å². The average molecular weight is 524 g/mol. The standard InChI is InChI=1S/C28H28F3N5O2/c29-28(30,31)27(37)38-18-17-36-25(23-5-1-19(2-6-23)21-9-13-32-14-10-21)34-35-26(36)24-7-3-20(4-8-24)22-11-15-33-16-12-22/h1-9,11,32-33H,10,12-18H2. The summed E-state index contributed by atoms with van der Waals surface area (Å²) in [5.74, 6) is -1.24. The fourth-order valence-electron chi connectivity index (χ4n) is 4.69. The van der Waals surface area contributed by atoms with Crippen molar-refractivity contribution in [1.29, 1.82) is 0 Å². The minimum absolute atomic E-state index is 0.0311. The van der Waals surface area contributed by atoms with Crippen LogP contribution in [0.1, 0.15) is 24.0 Å². The number of hydrogen-bond donors (Lipinski definition) is 2. The average Bonchev–Trinajstić information content (AvgIpc) is 3.37. The highest BCUT2D eigenvalue weighted by Crippen LogP contribution is 2.29. The van der Waals surface area contributed by atoms with Crippen molar-refractivity contribution in [2.45, 2.75) is 25.6 Å². The molecule has 7 nitrogen and oxygen atoms in total. The number of hydrogen-bond acceptors (Lipinski definition) is 6. The van der Waals surface area contributed by atoms with Crippen molar-refractivity contribution in [3.05, 3.63) is 71.8 Å². The highest BCUT2D eigenvalue weighted by atomic mass is 19.4. The molecule has 0 aliphatic carbocycles. The van der Waals surface area contributed by atoms with E-state index >= 15 is 0 Å². The molecule has 2 aromatic carbocycles. The largest absolute Gasteiger partial charge is 0.490 e. The van der Waals surface area contributed by atoms with E-state index in [0.29, 0.717) is 11.6 Å². The Hall–Kier alpha value is -3.76. The highest BCUT2D eigenvalue weighted by Gasteiger charge is 2.40. The van der Waals surface area contributed by atoms with E-state index in [-0.39, 0.29) is 6.54 Å². The van der Waals surface area contributed by atoms with E-state index in [2.05, 4.69) is 37.7 Å². The fraction of sp³-hybridized carbons (Fsp3) is 0.321. The Morgan fingerprint density at radius 3 is 1.63 bits per heavy atom. The lowest BCUT2D eigenvalue weighted by molar-refractivity contribution is -0.199. The number of nitrogens with one attached hydrogen (secondary N) is 2. The van der Waals surface area contributed by atoms with E-state index in [1.165, 1.54) is 11.1 Å². The molecule has 198 valence electrons. The Morgan fingerprint density at radius 2 is 1.24 bits per heavy atom. The minimum Gasteiger partial charge on any atom is -0.457 e. The lowest BCUT2D eigenvalue weighted by atomic mass is 9.99. The van der Waals surface area contributed by atoms with Crippen LogP contribution in [0.15, 0.2) is 60.7 Å². The van der Waals surface area contributed by atoms with Gasteiger partial charge in [-0.05, 0) is 48.2 Å². The Morgan fingerprint density at radius 1 is 0.789 bits per heavy atom. The zero-order valence-corrected chi connectivity index (χ0v) is 20.7. The van der Waals surface area contributed by atoms with Crippen molar-refractivity contribution in [1.82, 2.24) is 25.4 Å². The number of ether oxygens (including phenoxy) is 1. The third kappa shape index (κ3) is 5.87. The van der Waals surface area contributed by atoms with Gasteiger partial charge in [0.2, 0.25) is 0 Å². The van der Waals surface area contributed by atoms with Crippen LogP contribution in [0.3, 0.4) is 0 Å². The number of alkyl halides is 3. The smallest absolute Gasteiger partial charge is 0.457 e. The first-order valence-corrected chi connectivity index (χ1v) is 12.6. The van der Waals surface area contributed by atoms with Gasteiger partial charge in [-0.1, -0.05) is 60.7 Å². The van der Waals surface area contributed by atoms with Crippen LogP contribution < -0.4 is 10.6 Å². The van der Waals surface area contributed by atoms with Gasteiger partial charge in [0.25, 0.3) is 0 Å². The summed E-state index contributed by atoms with van der Waals surface area (Å²) >= 11 is 0. The molecule has 0 saturated heterocycles. The molecule has 0 saturated carbocycles. The van der Waals surface area contributed by atoms with Gasteiger partial charge in [-0.2, -0.15) is 13.2 Å². The summed E-state index contributed by atoms with van der Waals surface area (Å²) in [4.78, 5) is 11.3. The number of carbonyl (C=O) groups excluding carboxylic acids is 1. The van der Waals surface area contributed by atoms with Crippen LogP contribution in [-0.4, -0.2) is 59.7 Å².